The number of benzene rings is 3. The SMILES string of the molecule is COc1ccc(N(C)S(=O)(=O)c2cccc(C(=O)Nc3cc(F)ccc3F)c2)cc1. The Morgan fingerprint density at radius 3 is 2.37 bits per heavy atom. The molecule has 30 heavy (non-hydrogen) atoms. The van der Waals surface area contributed by atoms with Crippen molar-refractivity contribution in [2.24, 2.45) is 0 Å². The summed E-state index contributed by atoms with van der Waals surface area (Å²) in [7, 11) is -1.09. The molecular weight excluding hydrogens is 414 g/mol. The van der Waals surface area contributed by atoms with Gasteiger partial charge in [-0.15, -0.1) is 0 Å². The van der Waals surface area contributed by atoms with Crippen LogP contribution in [0.2, 0.25) is 0 Å². The number of sulfonamides is 1. The first-order valence-electron chi connectivity index (χ1n) is 8.72. The number of carbonyl (C=O) groups excluding carboxylic acids is 1. The monoisotopic (exact) mass is 432 g/mol. The molecule has 0 aliphatic rings. The van der Waals surface area contributed by atoms with Gasteiger partial charge in [0.1, 0.15) is 17.4 Å². The maximum Gasteiger partial charge on any atom is 0.264 e. The number of methoxy groups -OCH3 is 1. The van der Waals surface area contributed by atoms with Gasteiger partial charge in [0.2, 0.25) is 0 Å². The molecule has 156 valence electrons. The molecule has 3 aromatic rings. The lowest BCUT2D eigenvalue weighted by molar-refractivity contribution is 0.102. The summed E-state index contributed by atoms with van der Waals surface area (Å²) in [5.74, 6) is -1.73. The van der Waals surface area contributed by atoms with Gasteiger partial charge >= 0.3 is 0 Å². The molecule has 9 heteroatoms. The first-order valence-corrected chi connectivity index (χ1v) is 10.2. The fraction of sp³-hybridized carbons (Fsp3) is 0.0952. The lowest BCUT2D eigenvalue weighted by Gasteiger charge is -2.20. The van der Waals surface area contributed by atoms with Crippen LogP contribution in [0.1, 0.15) is 10.4 Å². The molecule has 0 aliphatic heterocycles. The van der Waals surface area contributed by atoms with Gasteiger partial charge in [0.05, 0.1) is 23.4 Å². The van der Waals surface area contributed by atoms with Crippen LogP contribution < -0.4 is 14.4 Å². The number of nitrogens with zero attached hydrogens (tertiary/aromatic N) is 1. The predicted octanol–water partition coefficient (Wildman–Crippen LogP) is 4.05. The zero-order chi connectivity index (χ0) is 21.9. The van der Waals surface area contributed by atoms with Crippen LogP contribution in [0.25, 0.3) is 0 Å². The third-order valence-corrected chi connectivity index (χ3v) is 6.15. The minimum absolute atomic E-state index is 0.0251. The molecule has 0 saturated carbocycles. The third-order valence-electron chi connectivity index (χ3n) is 4.37. The first kappa shape index (κ1) is 21.3. The Balaban J connectivity index is 1.87. The third kappa shape index (κ3) is 4.41. The van der Waals surface area contributed by atoms with Crippen molar-refractivity contribution in [2.75, 3.05) is 23.8 Å². The van der Waals surface area contributed by atoms with E-state index in [0.29, 0.717) is 11.4 Å². The fourth-order valence-electron chi connectivity index (χ4n) is 2.67. The quantitative estimate of drug-likeness (QED) is 0.638. The maximum atomic E-state index is 13.8. The molecule has 0 atom stereocenters. The summed E-state index contributed by atoms with van der Waals surface area (Å²) < 4.78 is 59.1. The van der Waals surface area contributed by atoms with Crippen molar-refractivity contribution in [2.45, 2.75) is 4.90 Å². The molecule has 0 heterocycles. The second-order valence-electron chi connectivity index (χ2n) is 6.28. The van der Waals surface area contributed by atoms with Gasteiger partial charge in [0, 0.05) is 18.7 Å². The molecule has 3 rings (SSSR count). The average molecular weight is 432 g/mol. The van der Waals surface area contributed by atoms with E-state index in [9.17, 15) is 22.0 Å². The molecule has 0 fully saturated rings. The number of amides is 1. The van der Waals surface area contributed by atoms with Crippen molar-refractivity contribution in [3.63, 3.8) is 0 Å². The minimum Gasteiger partial charge on any atom is -0.497 e. The highest BCUT2D eigenvalue weighted by Gasteiger charge is 2.23. The van der Waals surface area contributed by atoms with Crippen molar-refractivity contribution < 1.29 is 26.7 Å². The lowest BCUT2D eigenvalue weighted by atomic mass is 10.2. The highest BCUT2D eigenvalue weighted by Crippen LogP contribution is 2.25. The smallest absolute Gasteiger partial charge is 0.264 e. The zero-order valence-electron chi connectivity index (χ0n) is 16.1. The summed E-state index contributed by atoms with van der Waals surface area (Å²) in [5.41, 5.74) is 0.0268. The van der Waals surface area contributed by atoms with E-state index in [1.54, 1.807) is 24.3 Å². The van der Waals surface area contributed by atoms with Crippen molar-refractivity contribution in [1.82, 2.24) is 0 Å². The summed E-state index contributed by atoms with van der Waals surface area (Å²) in [5, 5.41) is 2.24. The molecule has 0 saturated heterocycles. The normalized spacial score (nSPS) is 11.1. The van der Waals surface area contributed by atoms with Gasteiger partial charge in [0.15, 0.2) is 0 Å². The summed E-state index contributed by atoms with van der Waals surface area (Å²) >= 11 is 0. The minimum atomic E-state index is -3.98. The van der Waals surface area contributed by atoms with E-state index in [1.807, 2.05) is 0 Å². The Hall–Kier alpha value is -3.46. The Bertz CT molecular complexity index is 1180. The Morgan fingerprint density at radius 1 is 1.00 bits per heavy atom. The molecule has 3 aromatic carbocycles. The van der Waals surface area contributed by atoms with Crippen molar-refractivity contribution in [3.8, 4) is 5.75 Å². The van der Waals surface area contributed by atoms with Crippen LogP contribution in [0, 0.1) is 11.6 Å². The number of hydrogen-bond donors (Lipinski definition) is 1. The molecule has 0 bridgehead atoms. The standard InChI is InChI=1S/C21H18F2N2O4S/c1-25(16-7-9-17(29-2)10-8-16)30(27,28)18-5-3-4-14(12-18)21(26)24-20-13-15(22)6-11-19(20)23/h3-13H,1-2H3,(H,24,26). The van der Waals surface area contributed by atoms with Crippen LogP contribution in [-0.2, 0) is 10.0 Å². The summed E-state index contributed by atoms with van der Waals surface area (Å²) in [6.45, 7) is 0. The highest BCUT2D eigenvalue weighted by molar-refractivity contribution is 7.92. The van der Waals surface area contributed by atoms with Crippen LogP contribution >= 0.6 is 0 Å². The molecule has 1 N–H and O–H groups in total. The van der Waals surface area contributed by atoms with Crippen LogP contribution in [-0.4, -0.2) is 28.5 Å². The van der Waals surface area contributed by atoms with Crippen molar-refractivity contribution >= 4 is 27.3 Å². The topological polar surface area (TPSA) is 75.7 Å². The number of hydrogen-bond acceptors (Lipinski definition) is 4. The molecular formula is C21H18F2N2O4S. The van der Waals surface area contributed by atoms with Crippen LogP contribution in [0.3, 0.4) is 0 Å². The average Bonchev–Trinajstić information content (AvgIpc) is 2.75. The van der Waals surface area contributed by atoms with Crippen LogP contribution in [0.4, 0.5) is 20.2 Å². The molecule has 0 aliphatic carbocycles. The molecule has 1 amide bonds. The Kier molecular flexibility index (Phi) is 6.02. The molecule has 0 spiro atoms. The maximum absolute atomic E-state index is 13.8. The summed E-state index contributed by atoms with van der Waals surface area (Å²) in [4.78, 5) is 12.3. The van der Waals surface area contributed by atoms with Crippen molar-refractivity contribution in [1.29, 1.82) is 0 Å². The van der Waals surface area contributed by atoms with E-state index in [1.165, 1.54) is 38.4 Å². The van der Waals surface area contributed by atoms with Gasteiger partial charge in [0.25, 0.3) is 15.9 Å². The van der Waals surface area contributed by atoms with E-state index in [4.69, 9.17) is 4.74 Å². The van der Waals surface area contributed by atoms with Gasteiger partial charge in [-0.05, 0) is 54.6 Å². The molecule has 0 radical (unpaired) electrons. The number of carbonyl (C=O) groups is 1. The molecule has 6 nitrogen and oxygen atoms in total. The molecule has 0 aromatic heterocycles. The van der Waals surface area contributed by atoms with E-state index in [2.05, 4.69) is 5.32 Å². The number of anilines is 2. The van der Waals surface area contributed by atoms with E-state index >= 15 is 0 Å². The van der Waals surface area contributed by atoms with Gasteiger partial charge in [-0.2, -0.15) is 0 Å². The first-order chi connectivity index (χ1) is 14.2. The second-order valence-corrected chi connectivity index (χ2v) is 8.25. The second kappa shape index (κ2) is 8.50. The van der Waals surface area contributed by atoms with E-state index in [0.717, 1.165) is 22.5 Å². The van der Waals surface area contributed by atoms with Crippen LogP contribution in [0.15, 0.2) is 71.6 Å². The Labute approximate surface area is 172 Å². The number of nitrogens with one attached hydrogen (secondary N) is 1. The van der Waals surface area contributed by atoms with Gasteiger partial charge in [-0.3, -0.25) is 9.10 Å². The van der Waals surface area contributed by atoms with Gasteiger partial charge in [-0.1, -0.05) is 6.07 Å². The summed E-state index contributed by atoms with van der Waals surface area (Å²) in [6.07, 6.45) is 0. The number of rotatable bonds is 6. The Morgan fingerprint density at radius 2 is 1.70 bits per heavy atom. The lowest BCUT2D eigenvalue weighted by Crippen LogP contribution is -2.26. The zero-order valence-corrected chi connectivity index (χ0v) is 16.9. The predicted molar refractivity (Wildman–Crippen MR) is 109 cm³/mol. The van der Waals surface area contributed by atoms with Gasteiger partial charge < -0.3 is 10.1 Å². The summed E-state index contributed by atoms with van der Waals surface area (Å²) in [6, 6.07) is 14.3. The van der Waals surface area contributed by atoms with Gasteiger partial charge in [-0.25, -0.2) is 17.2 Å². The number of halogens is 2. The van der Waals surface area contributed by atoms with Crippen LogP contribution in [0.5, 0.6) is 5.75 Å². The largest absolute Gasteiger partial charge is 0.497 e. The highest BCUT2D eigenvalue weighted by atomic mass is 32.2. The number of ether oxygens (including phenoxy) is 1. The van der Waals surface area contributed by atoms with Crippen molar-refractivity contribution in [3.05, 3.63) is 83.9 Å². The van der Waals surface area contributed by atoms with E-state index < -0.39 is 27.6 Å². The fourth-order valence-corrected chi connectivity index (χ4v) is 3.92. The molecule has 0 unspecified atom stereocenters. The van der Waals surface area contributed by atoms with E-state index in [-0.39, 0.29) is 16.1 Å².